The molecule has 4 heterocycles. The predicted octanol–water partition coefficient (Wildman–Crippen LogP) is 0.723. The minimum Gasteiger partial charge on any atom is -0.353 e. The number of sulfonamides is 1. The predicted molar refractivity (Wildman–Crippen MR) is 87.9 cm³/mol. The van der Waals surface area contributed by atoms with Gasteiger partial charge >= 0.3 is 0 Å². The number of fused-ring (bicyclic) bond motifs is 1. The van der Waals surface area contributed by atoms with Crippen molar-refractivity contribution < 1.29 is 8.42 Å². The third-order valence-corrected chi connectivity index (χ3v) is 5.84. The largest absolute Gasteiger partial charge is 0.353 e. The van der Waals surface area contributed by atoms with Crippen LogP contribution in [0, 0.1) is 19.3 Å². The second kappa shape index (κ2) is 4.61. The monoisotopic (exact) mass is 333 g/mol. The minimum atomic E-state index is -3.06. The normalized spacial score (nSPS) is 20.6. The summed E-state index contributed by atoms with van der Waals surface area (Å²) in [5.74, 6) is 1.61. The first-order valence-corrected chi connectivity index (χ1v) is 9.42. The molecule has 122 valence electrons. The standard InChI is InChI=1S/C15H19N5O2S/c1-10-4-12-5-16-11(2)18-13(12)14(17-10)19-6-15(7-19)8-20(9-15)23(3,21)22/h4-5H,6-9H2,1-3H3. The molecule has 4 rings (SSSR count). The van der Waals surface area contributed by atoms with Gasteiger partial charge in [0, 0.05) is 48.9 Å². The summed E-state index contributed by atoms with van der Waals surface area (Å²) < 4.78 is 24.6. The molecule has 0 amide bonds. The highest BCUT2D eigenvalue weighted by Gasteiger charge is 2.54. The molecule has 0 unspecified atom stereocenters. The molecule has 7 nitrogen and oxygen atoms in total. The van der Waals surface area contributed by atoms with Crippen LogP contribution >= 0.6 is 0 Å². The van der Waals surface area contributed by atoms with Gasteiger partial charge in [-0.15, -0.1) is 0 Å². The van der Waals surface area contributed by atoms with Crippen LogP contribution in [0.25, 0.3) is 10.9 Å². The summed E-state index contributed by atoms with van der Waals surface area (Å²) in [4.78, 5) is 15.7. The lowest BCUT2D eigenvalue weighted by molar-refractivity contribution is 0.0397. The first-order chi connectivity index (χ1) is 10.8. The third kappa shape index (κ3) is 2.36. The van der Waals surface area contributed by atoms with E-state index >= 15 is 0 Å². The van der Waals surface area contributed by atoms with Crippen molar-refractivity contribution in [3.8, 4) is 0 Å². The molecule has 0 radical (unpaired) electrons. The number of aryl methyl sites for hydroxylation is 2. The minimum absolute atomic E-state index is 0.0862. The van der Waals surface area contributed by atoms with Crippen molar-refractivity contribution in [3.63, 3.8) is 0 Å². The van der Waals surface area contributed by atoms with E-state index in [1.165, 1.54) is 6.26 Å². The fraction of sp³-hybridized carbons (Fsp3) is 0.533. The number of hydrogen-bond donors (Lipinski definition) is 0. The van der Waals surface area contributed by atoms with E-state index in [0.29, 0.717) is 13.1 Å². The van der Waals surface area contributed by atoms with E-state index in [1.54, 1.807) is 4.31 Å². The van der Waals surface area contributed by atoms with Crippen molar-refractivity contribution in [2.24, 2.45) is 5.41 Å². The van der Waals surface area contributed by atoms with Gasteiger partial charge in [-0.1, -0.05) is 0 Å². The Kier molecular flexibility index (Phi) is 2.96. The van der Waals surface area contributed by atoms with E-state index in [2.05, 4.69) is 19.9 Å². The molecular formula is C15H19N5O2S. The van der Waals surface area contributed by atoms with Crippen LogP contribution in [0.2, 0.25) is 0 Å². The van der Waals surface area contributed by atoms with Crippen molar-refractivity contribution in [1.29, 1.82) is 0 Å². The third-order valence-electron chi connectivity index (χ3n) is 4.64. The quantitative estimate of drug-likeness (QED) is 0.806. The van der Waals surface area contributed by atoms with Crippen LogP contribution in [0.1, 0.15) is 11.5 Å². The number of hydrogen-bond acceptors (Lipinski definition) is 6. The van der Waals surface area contributed by atoms with Gasteiger partial charge in [0.2, 0.25) is 10.0 Å². The molecule has 0 aromatic carbocycles. The Labute approximate surface area is 135 Å². The fourth-order valence-corrected chi connectivity index (χ4v) is 4.53. The highest BCUT2D eigenvalue weighted by atomic mass is 32.2. The van der Waals surface area contributed by atoms with Crippen LogP contribution in [0.15, 0.2) is 12.3 Å². The molecule has 0 N–H and O–H groups in total. The first kappa shape index (κ1) is 14.8. The number of aromatic nitrogens is 3. The second-order valence-electron chi connectivity index (χ2n) is 6.83. The number of anilines is 1. The molecule has 2 aliphatic rings. The molecule has 0 bridgehead atoms. The zero-order chi connectivity index (χ0) is 16.4. The van der Waals surface area contributed by atoms with E-state index in [0.717, 1.165) is 41.3 Å². The van der Waals surface area contributed by atoms with Crippen LogP contribution in [0.3, 0.4) is 0 Å². The van der Waals surface area contributed by atoms with Gasteiger partial charge in [0.25, 0.3) is 0 Å². The average molecular weight is 333 g/mol. The molecule has 2 aromatic rings. The first-order valence-electron chi connectivity index (χ1n) is 7.57. The van der Waals surface area contributed by atoms with Gasteiger partial charge in [0.05, 0.1) is 6.26 Å². The highest BCUT2D eigenvalue weighted by Crippen LogP contribution is 2.43. The Morgan fingerprint density at radius 3 is 2.48 bits per heavy atom. The van der Waals surface area contributed by atoms with Crippen molar-refractivity contribution in [1.82, 2.24) is 19.3 Å². The van der Waals surface area contributed by atoms with Gasteiger partial charge in [0.15, 0.2) is 5.82 Å². The van der Waals surface area contributed by atoms with Crippen LogP contribution in [0.5, 0.6) is 0 Å². The smallest absolute Gasteiger partial charge is 0.211 e. The molecule has 2 aromatic heterocycles. The summed E-state index contributed by atoms with van der Waals surface area (Å²) >= 11 is 0. The Balaban J connectivity index is 1.60. The van der Waals surface area contributed by atoms with E-state index in [9.17, 15) is 8.42 Å². The number of rotatable bonds is 2. The highest BCUT2D eigenvalue weighted by molar-refractivity contribution is 7.88. The maximum Gasteiger partial charge on any atom is 0.211 e. The van der Waals surface area contributed by atoms with Crippen LogP contribution < -0.4 is 4.90 Å². The molecule has 0 aliphatic carbocycles. The van der Waals surface area contributed by atoms with Crippen LogP contribution in [-0.2, 0) is 10.0 Å². The van der Waals surface area contributed by atoms with Crippen molar-refractivity contribution in [2.75, 3.05) is 37.3 Å². The molecule has 2 aliphatic heterocycles. The topological polar surface area (TPSA) is 79.3 Å². The lowest BCUT2D eigenvalue weighted by Gasteiger charge is -2.59. The van der Waals surface area contributed by atoms with Gasteiger partial charge in [-0.25, -0.2) is 27.7 Å². The second-order valence-corrected chi connectivity index (χ2v) is 8.81. The molecule has 8 heteroatoms. The van der Waals surface area contributed by atoms with Gasteiger partial charge in [0.1, 0.15) is 11.3 Å². The van der Waals surface area contributed by atoms with Crippen molar-refractivity contribution in [3.05, 3.63) is 23.8 Å². The number of pyridine rings is 1. The van der Waals surface area contributed by atoms with Crippen molar-refractivity contribution in [2.45, 2.75) is 13.8 Å². The van der Waals surface area contributed by atoms with Gasteiger partial charge < -0.3 is 4.90 Å². The van der Waals surface area contributed by atoms with E-state index < -0.39 is 10.0 Å². The van der Waals surface area contributed by atoms with Crippen molar-refractivity contribution >= 4 is 26.7 Å². The Morgan fingerprint density at radius 2 is 1.83 bits per heavy atom. The maximum absolute atomic E-state index is 11.5. The zero-order valence-corrected chi connectivity index (χ0v) is 14.3. The molecule has 1 spiro atoms. The van der Waals surface area contributed by atoms with Crippen LogP contribution in [0.4, 0.5) is 5.82 Å². The lowest BCUT2D eigenvalue weighted by atomic mass is 9.74. The molecule has 0 atom stereocenters. The maximum atomic E-state index is 11.5. The summed E-state index contributed by atoms with van der Waals surface area (Å²) in [7, 11) is -3.06. The van der Waals surface area contributed by atoms with E-state index in [1.807, 2.05) is 26.1 Å². The van der Waals surface area contributed by atoms with Gasteiger partial charge in [-0.05, 0) is 19.9 Å². The van der Waals surface area contributed by atoms with E-state index in [4.69, 9.17) is 0 Å². The molecular weight excluding hydrogens is 314 g/mol. The molecule has 2 fully saturated rings. The zero-order valence-electron chi connectivity index (χ0n) is 13.4. The number of nitrogens with zero attached hydrogens (tertiary/aromatic N) is 5. The SMILES string of the molecule is Cc1cc2cnc(C)nc2c(N2CC3(C2)CN(S(C)(=O)=O)C3)n1. The molecule has 23 heavy (non-hydrogen) atoms. The Bertz CT molecular complexity index is 897. The Morgan fingerprint density at radius 1 is 1.13 bits per heavy atom. The molecule has 0 saturated carbocycles. The van der Waals surface area contributed by atoms with Crippen LogP contribution in [-0.4, -0.2) is 60.1 Å². The summed E-state index contributed by atoms with van der Waals surface area (Å²) in [6, 6.07) is 1.99. The summed E-state index contributed by atoms with van der Waals surface area (Å²) in [6.45, 7) is 6.71. The summed E-state index contributed by atoms with van der Waals surface area (Å²) in [5, 5.41) is 0.991. The van der Waals surface area contributed by atoms with Gasteiger partial charge in [-0.3, -0.25) is 0 Å². The average Bonchev–Trinajstić information content (AvgIpc) is 2.34. The van der Waals surface area contributed by atoms with Gasteiger partial charge in [-0.2, -0.15) is 0 Å². The van der Waals surface area contributed by atoms with E-state index in [-0.39, 0.29) is 5.41 Å². The summed E-state index contributed by atoms with van der Waals surface area (Å²) in [5.41, 5.74) is 1.90. The Hall–Kier alpha value is -1.80. The fourth-order valence-electron chi connectivity index (χ4n) is 3.51. The summed E-state index contributed by atoms with van der Waals surface area (Å²) in [6.07, 6.45) is 3.10. The molecule has 2 saturated heterocycles. The lowest BCUT2D eigenvalue weighted by Crippen LogP contribution is -2.73.